The monoisotopic (exact) mass is 640 g/mol. The van der Waals surface area contributed by atoms with Crippen molar-refractivity contribution in [3.05, 3.63) is 198 Å². The molecule has 2 aliphatic rings. The Morgan fingerprint density at radius 2 is 1.18 bits per heavy atom. The number of fused-ring (bicyclic) bond motifs is 6. The lowest BCUT2D eigenvalue weighted by Crippen LogP contribution is -2.28. The Labute approximate surface area is 290 Å². The first-order valence-corrected chi connectivity index (χ1v) is 17.3. The van der Waals surface area contributed by atoms with E-state index < -0.39 is 5.41 Å². The molecule has 4 heteroatoms. The molecule has 0 N–H and O–H groups in total. The molecular weight excluding hydrogens is 609 g/mol. The van der Waals surface area contributed by atoms with E-state index >= 15 is 0 Å². The van der Waals surface area contributed by atoms with Gasteiger partial charge in [0, 0.05) is 16.3 Å². The summed E-state index contributed by atoms with van der Waals surface area (Å²) in [5.74, 6) is 2.01. The second-order valence-electron chi connectivity index (χ2n) is 13.1. The Bertz CT molecular complexity index is 2590. The SMILES string of the molecule is C1=CCCC(c2nc(-c3ccccc3)nc(-n3c4ccccc4c4cc5c(cc43)C(c3ccccc3)(c3ccccc3)c3ccccc3-5)n2)=C1. The summed E-state index contributed by atoms with van der Waals surface area (Å²) >= 11 is 0. The zero-order valence-electron chi connectivity index (χ0n) is 27.4. The fraction of sp³-hybridized carbons (Fsp3) is 0.0652. The molecule has 2 heterocycles. The van der Waals surface area contributed by atoms with E-state index in [1.54, 1.807) is 0 Å². The molecule has 0 aliphatic heterocycles. The number of rotatable bonds is 5. The van der Waals surface area contributed by atoms with Gasteiger partial charge in [-0.1, -0.05) is 152 Å². The van der Waals surface area contributed by atoms with E-state index in [0.717, 1.165) is 40.8 Å². The number of allylic oxidation sites excluding steroid dienone is 4. The van der Waals surface area contributed by atoms with E-state index in [-0.39, 0.29) is 0 Å². The van der Waals surface area contributed by atoms with Gasteiger partial charge in [0.05, 0.1) is 16.4 Å². The van der Waals surface area contributed by atoms with Crippen molar-refractivity contribution in [1.29, 1.82) is 0 Å². The predicted octanol–water partition coefficient (Wildman–Crippen LogP) is 10.7. The number of para-hydroxylation sites is 1. The van der Waals surface area contributed by atoms with Gasteiger partial charge in [0.2, 0.25) is 5.95 Å². The molecule has 0 radical (unpaired) electrons. The molecule has 0 saturated heterocycles. The smallest absolute Gasteiger partial charge is 0.238 e. The summed E-state index contributed by atoms with van der Waals surface area (Å²) in [4.78, 5) is 15.5. The van der Waals surface area contributed by atoms with Crippen LogP contribution < -0.4 is 0 Å². The van der Waals surface area contributed by atoms with Gasteiger partial charge in [-0.05, 0) is 70.0 Å². The fourth-order valence-corrected chi connectivity index (χ4v) is 8.23. The Morgan fingerprint density at radius 1 is 0.520 bits per heavy atom. The normalized spacial score (nSPS) is 14.4. The van der Waals surface area contributed by atoms with Gasteiger partial charge in [-0.2, -0.15) is 9.97 Å². The zero-order chi connectivity index (χ0) is 33.1. The summed E-state index contributed by atoms with van der Waals surface area (Å²) in [6, 6.07) is 54.5. The molecule has 4 nitrogen and oxygen atoms in total. The van der Waals surface area contributed by atoms with Crippen LogP contribution in [0.2, 0.25) is 0 Å². The van der Waals surface area contributed by atoms with Crippen LogP contribution in [-0.2, 0) is 5.41 Å². The maximum Gasteiger partial charge on any atom is 0.238 e. The van der Waals surface area contributed by atoms with Crippen molar-refractivity contribution in [2.75, 3.05) is 0 Å². The van der Waals surface area contributed by atoms with Crippen LogP contribution in [-0.4, -0.2) is 19.5 Å². The lowest BCUT2D eigenvalue weighted by molar-refractivity contribution is 0.769. The molecule has 236 valence electrons. The molecule has 2 aliphatic carbocycles. The van der Waals surface area contributed by atoms with Crippen molar-refractivity contribution in [1.82, 2.24) is 19.5 Å². The second-order valence-corrected chi connectivity index (χ2v) is 13.1. The lowest BCUT2D eigenvalue weighted by atomic mass is 9.67. The van der Waals surface area contributed by atoms with Crippen molar-refractivity contribution in [2.45, 2.75) is 18.3 Å². The molecule has 0 spiro atoms. The van der Waals surface area contributed by atoms with Crippen LogP contribution in [0.4, 0.5) is 0 Å². The fourth-order valence-electron chi connectivity index (χ4n) is 8.23. The maximum atomic E-state index is 5.25. The summed E-state index contributed by atoms with van der Waals surface area (Å²) in [5, 5.41) is 2.34. The van der Waals surface area contributed by atoms with Crippen molar-refractivity contribution in [3.63, 3.8) is 0 Å². The standard InChI is InChI=1S/C46H32N4/c1-5-17-31(18-6-1)43-47-44(32-19-7-2-8-20-32)49-45(48-43)50-41-28-16-14-26-36(41)38-29-37-35-25-13-15-27-39(35)46(40(37)30-42(38)50,33-21-9-3-10-22-33)34-23-11-4-12-24-34/h1-7,9-19,21-30H,8,20H2. The van der Waals surface area contributed by atoms with Gasteiger partial charge in [-0.25, -0.2) is 4.98 Å². The van der Waals surface area contributed by atoms with Gasteiger partial charge in [-0.15, -0.1) is 0 Å². The number of benzene rings is 6. The lowest BCUT2D eigenvalue weighted by Gasteiger charge is -2.34. The number of nitrogens with zero attached hydrogens (tertiary/aromatic N) is 4. The third-order valence-corrected chi connectivity index (χ3v) is 10.4. The van der Waals surface area contributed by atoms with Crippen molar-refractivity contribution in [3.8, 4) is 28.5 Å². The summed E-state index contributed by atoms with van der Waals surface area (Å²) < 4.78 is 2.26. The van der Waals surface area contributed by atoms with Gasteiger partial charge >= 0.3 is 0 Å². The molecule has 0 fully saturated rings. The first-order chi connectivity index (χ1) is 24.8. The van der Waals surface area contributed by atoms with Crippen molar-refractivity contribution < 1.29 is 0 Å². The van der Waals surface area contributed by atoms with Crippen LogP contribution in [0.25, 0.3) is 55.8 Å². The Kier molecular flexibility index (Phi) is 6.50. The predicted molar refractivity (Wildman–Crippen MR) is 203 cm³/mol. The van der Waals surface area contributed by atoms with Crippen molar-refractivity contribution in [2.24, 2.45) is 0 Å². The second kappa shape index (κ2) is 11.4. The summed E-state index contributed by atoms with van der Waals surface area (Å²) in [5.41, 5.74) is 11.3. The van der Waals surface area contributed by atoms with E-state index in [1.807, 2.05) is 18.2 Å². The Morgan fingerprint density at radius 3 is 1.92 bits per heavy atom. The van der Waals surface area contributed by atoms with Crippen LogP contribution in [0.5, 0.6) is 0 Å². The molecule has 10 rings (SSSR count). The van der Waals surface area contributed by atoms with Gasteiger partial charge in [-0.3, -0.25) is 4.57 Å². The molecule has 0 bridgehead atoms. The summed E-state index contributed by atoms with van der Waals surface area (Å²) in [6.07, 6.45) is 8.31. The number of hydrogen-bond acceptors (Lipinski definition) is 3. The first-order valence-electron chi connectivity index (χ1n) is 17.3. The first kappa shape index (κ1) is 28.6. The summed E-state index contributed by atoms with van der Waals surface area (Å²) in [6.45, 7) is 0. The third kappa shape index (κ3) is 4.21. The highest BCUT2D eigenvalue weighted by molar-refractivity contribution is 6.11. The molecule has 8 aromatic rings. The van der Waals surface area contributed by atoms with E-state index in [4.69, 9.17) is 15.0 Å². The van der Waals surface area contributed by atoms with E-state index in [9.17, 15) is 0 Å². The molecular formula is C46H32N4. The van der Waals surface area contributed by atoms with Gasteiger partial charge in [0.25, 0.3) is 0 Å². The van der Waals surface area contributed by atoms with E-state index in [0.29, 0.717) is 11.8 Å². The van der Waals surface area contributed by atoms with Gasteiger partial charge in [0.1, 0.15) is 0 Å². The Balaban J connectivity index is 1.33. The number of hydrogen-bond donors (Lipinski definition) is 0. The minimum atomic E-state index is -0.511. The van der Waals surface area contributed by atoms with Crippen LogP contribution >= 0.6 is 0 Å². The highest BCUT2D eigenvalue weighted by Crippen LogP contribution is 2.57. The van der Waals surface area contributed by atoms with Crippen LogP contribution in [0.3, 0.4) is 0 Å². The Hall–Kier alpha value is -6.39. The van der Waals surface area contributed by atoms with Crippen LogP contribution in [0.1, 0.15) is 40.9 Å². The largest absolute Gasteiger partial charge is 0.278 e. The topological polar surface area (TPSA) is 43.6 Å². The van der Waals surface area contributed by atoms with E-state index in [2.05, 4.69) is 156 Å². The maximum absolute atomic E-state index is 5.25. The molecule has 0 unspecified atom stereocenters. The number of aromatic nitrogens is 4. The van der Waals surface area contributed by atoms with Crippen molar-refractivity contribution >= 4 is 27.4 Å². The quantitative estimate of drug-likeness (QED) is 0.188. The van der Waals surface area contributed by atoms with E-state index in [1.165, 1.54) is 44.2 Å². The molecule has 50 heavy (non-hydrogen) atoms. The van der Waals surface area contributed by atoms with Gasteiger partial charge in [0.15, 0.2) is 11.6 Å². The minimum absolute atomic E-state index is 0.511. The van der Waals surface area contributed by atoms with Crippen LogP contribution in [0.15, 0.2) is 170 Å². The third-order valence-electron chi connectivity index (χ3n) is 10.4. The average Bonchev–Trinajstić information content (AvgIpc) is 3.68. The molecule has 0 atom stereocenters. The molecule has 2 aromatic heterocycles. The minimum Gasteiger partial charge on any atom is -0.278 e. The highest BCUT2D eigenvalue weighted by Gasteiger charge is 2.46. The summed E-state index contributed by atoms with van der Waals surface area (Å²) in [7, 11) is 0. The van der Waals surface area contributed by atoms with Gasteiger partial charge < -0.3 is 0 Å². The zero-order valence-corrected chi connectivity index (χ0v) is 27.4. The molecule has 6 aromatic carbocycles. The average molecular weight is 641 g/mol. The molecule has 0 amide bonds. The van der Waals surface area contributed by atoms with Crippen LogP contribution in [0, 0.1) is 0 Å². The molecule has 0 saturated carbocycles. The highest BCUT2D eigenvalue weighted by atomic mass is 15.2.